The van der Waals surface area contributed by atoms with E-state index in [0.29, 0.717) is 12.3 Å². The van der Waals surface area contributed by atoms with Gasteiger partial charge in [0.25, 0.3) is 0 Å². The summed E-state index contributed by atoms with van der Waals surface area (Å²) in [5.41, 5.74) is 0. The van der Waals surface area contributed by atoms with Crippen molar-refractivity contribution >= 4 is 5.97 Å². The molecule has 0 aliphatic carbocycles. The maximum absolute atomic E-state index is 10.4. The monoisotopic (exact) mass is 214 g/mol. The summed E-state index contributed by atoms with van der Waals surface area (Å²) in [5.74, 6) is -0.316. The molecule has 0 saturated heterocycles. The molecule has 0 aliphatic rings. The molecule has 15 heavy (non-hydrogen) atoms. The molecule has 90 valence electrons. The lowest BCUT2D eigenvalue weighted by Gasteiger charge is -2.07. The van der Waals surface area contributed by atoms with Crippen LogP contribution in [0.5, 0.6) is 0 Å². The quantitative estimate of drug-likeness (QED) is 0.552. The molecule has 0 rings (SSSR count). The van der Waals surface area contributed by atoms with Gasteiger partial charge < -0.3 is 5.11 Å². The number of carboxylic acids is 1. The Morgan fingerprint density at radius 1 is 1.07 bits per heavy atom. The van der Waals surface area contributed by atoms with Crippen LogP contribution in [0.3, 0.4) is 0 Å². The number of aliphatic carboxylic acids is 1. The molecular weight excluding hydrogens is 188 g/mol. The number of carboxylic acid groups (broad SMARTS) is 1. The van der Waals surface area contributed by atoms with E-state index in [4.69, 9.17) is 5.11 Å². The van der Waals surface area contributed by atoms with Crippen molar-refractivity contribution in [3.8, 4) is 0 Å². The fraction of sp³-hybridized carbons (Fsp3) is 0.923. The van der Waals surface area contributed by atoms with Crippen molar-refractivity contribution in [3.05, 3.63) is 0 Å². The van der Waals surface area contributed by atoms with Gasteiger partial charge in [-0.15, -0.1) is 0 Å². The summed E-state index contributed by atoms with van der Waals surface area (Å²) in [7, 11) is 0. The highest BCUT2D eigenvalue weighted by atomic mass is 16.4. The SMILES string of the molecule is CCCCCCCCCC(C)CC(=O)O. The Morgan fingerprint density at radius 3 is 2.13 bits per heavy atom. The minimum Gasteiger partial charge on any atom is -0.481 e. The van der Waals surface area contributed by atoms with Gasteiger partial charge in [-0.05, 0) is 5.92 Å². The van der Waals surface area contributed by atoms with E-state index in [9.17, 15) is 4.79 Å². The third-order valence-corrected chi connectivity index (χ3v) is 2.82. The van der Waals surface area contributed by atoms with Crippen LogP contribution in [0.25, 0.3) is 0 Å². The molecule has 0 aliphatic heterocycles. The lowest BCUT2D eigenvalue weighted by molar-refractivity contribution is -0.138. The maximum atomic E-state index is 10.4. The molecule has 0 heterocycles. The summed E-state index contributed by atoms with van der Waals surface area (Å²) in [6.07, 6.45) is 10.6. The Morgan fingerprint density at radius 2 is 1.60 bits per heavy atom. The van der Waals surface area contributed by atoms with Gasteiger partial charge in [0.1, 0.15) is 0 Å². The molecule has 0 radical (unpaired) electrons. The van der Waals surface area contributed by atoms with Gasteiger partial charge in [0, 0.05) is 6.42 Å². The zero-order chi connectivity index (χ0) is 11.5. The molecule has 0 aromatic rings. The van der Waals surface area contributed by atoms with E-state index >= 15 is 0 Å². The van der Waals surface area contributed by atoms with E-state index in [1.165, 1.54) is 44.9 Å². The molecule has 1 atom stereocenters. The molecule has 0 fully saturated rings. The second-order valence-electron chi connectivity index (χ2n) is 4.61. The van der Waals surface area contributed by atoms with Gasteiger partial charge >= 0.3 is 5.97 Å². The van der Waals surface area contributed by atoms with Gasteiger partial charge in [0.15, 0.2) is 0 Å². The summed E-state index contributed by atoms with van der Waals surface area (Å²) in [6, 6.07) is 0. The first-order valence-corrected chi connectivity index (χ1v) is 6.38. The van der Waals surface area contributed by atoms with Crippen LogP contribution >= 0.6 is 0 Å². The Balaban J connectivity index is 3.13. The minimum absolute atomic E-state index is 0.329. The predicted octanol–water partition coefficient (Wildman–Crippen LogP) is 4.24. The number of unbranched alkanes of at least 4 members (excludes halogenated alkanes) is 6. The molecule has 0 spiro atoms. The fourth-order valence-corrected chi connectivity index (χ4v) is 1.85. The van der Waals surface area contributed by atoms with Crippen LogP contribution in [-0.4, -0.2) is 11.1 Å². The first-order chi connectivity index (χ1) is 7.16. The smallest absolute Gasteiger partial charge is 0.303 e. The Hall–Kier alpha value is -0.530. The number of hydrogen-bond donors (Lipinski definition) is 1. The average Bonchev–Trinajstić information content (AvgIpc) is 2.15. The van der Waals surface area contributed by atoms with Gasteiger partial charge in [-0.25, -0.2) is 0 Å². The van der Waals surface area contributed by atoms with Gasteiger partial charge in [-0.2, -0.15) is 0 Å². The van der Waals surface area contributed by atoms with Crippen molar-refractivity contribution in [3.63, 3.8) is 0 Å². The lowest BCUT2D eigenvalue weighted by Crippen LogP contribution is -2.03. The van der Waals surface area contributed by atoms with Crippen molar-refractivity contribution in [2.45, 2.75) is 71.6 Å². The van der Waals surface area contributed by atoms with Crippen molar-refractivity contribution in [1.29, 1.82) is 0 Å². The van der Waals surface area contributed by atoms with Gasteiger partial charge in [0.05, 0.1) is 0 Å². The summed E-state index contributed by atoms with van der Waals surface area (Å²) in [5, 5.41) is 8.58. The molecule has 2 heteroatoms. The molecule has 0 aromatic heterocycles. The van der Waals surface area contributed by atoms with Crippen LogP contribution in [0.15, 0.2) is 0 Å². The lowest BCUT2D eigenvalue weighted by atomic mass is 9.99. The maximum Gasteiger partial charge on any atom is 0.303 e. The third kappa shape index (κ3) is 11.4. The van der Waals surface area contributed by atoms with Crippen molar-refractivity contribution in [1.82, 2.24) is 0 Å². The highest BCUT2D eigenvalue weighted by Crippen LogP contribution is 2.14. The van der Waals surface area contributed by atoms with Crippen LogP contribution in [0.1, 0.15) is 71.6 Å². The van der Waals surface area contributed by atoms with Crippen molar-refractivity contribution in [2.24, 2.45) is 5.92 Å². The fourth-order valence-electron chi connectivity index (χ4n) is 1.85. The minimum atomic E-state index is -0.662. The first kappa shape index (κ1) is 14.5. The average molecular weight is 214 g/mol. The van der Waals surface area contributed by atoms with E-state index in [1.54, 1.807) is 0 Å². The topological polar surface area (TPSA) is 37.3 Å². The van der Waals surface area contributed by atoms with Gasteiger partial charge in [-0.3, -0.25) is 4.79 Å². The van der Waals surface area contributed by atoms with E-state index in [-0.39, 0.29) is 0 Å². The largest absolute Gasteiger partial charge is 0.481 e. The van der Waals surface area contributed by atoms with Crippen LogP contribution in [0, 0.1) is 5.92 Å². The molecule has 1 unspecified atom stereocenters. The van der Waals surface area contributed by atoms with Crippen molar-refractivity contribution < 1.29 is 9.90 Å². The van der Waals surface area contributed by atoms with Crippen molar-refractivity contribution in [2.75, 3.05) is 0 Å². The van der Waals surface area contributed by atoms with E-state index in [2.05, 4.69) is 6.92 Å². The van der Waals surface area contributed by atoms with Crippen LogP contribution < -0.4 is 0 Å². The number of rotatable bonds is 10. The summed E-state index contributed by atoms with van der Waals surface area (Å²) < 4.78 is 0. The van der Waals surface area contributed by atoms with Crippen LogP contribution in [-0.2, 0) is 4.79 Å². The molecule has 1 N–H and O–H groups in total. The highest BCUT2D eigenvalue weighted by molar-refractivity contribution is 5.66. The molecule has 2 nitrogen and oxygen atoms in total. The second kappa shape index (κ2) is 10.0. The molecular formula is C13H26O2. The Kier molecular flexibility index (Phi) is 9.65. The molecule has 0 bridgehead atoms. The first-order valence-electron chi connectivity index (χ1n) is 6.38. The summed E-state index contributed by atoms with van der Waals surface area (Å²) in [6.45, 7) is 4.26. The Bertz CT molecular complexity index is 155. The summed E-state index contributed by atoms with van der Waals surface area (Å²) in [4.78, 5) is 10.4. The molecule has 0 aromatic carbocycles. The zero-order valence-corrected chi connectivity index (χ0v) is 10.3. The number of carbonyl (C=O) groups is 1. The van der Waals surface area contributed by atoms with Crippen LogP contribution in [0.2, 0.25) is 0 Å². The second-order valence-corrected chi connectivity index (χ2v) is 4.61. The van der Waals surface area contributed by atoms with Gasteiger partial charge in [-0.1, -0.05) is 65.2 Å². The predicted molar refractivity (Wildman–Crippen MR) is 64.0 cm³/mol. The molecule has 0 amide bonds. The van der Waals surface area contributed by atoms with E-state index in [1.807, 2.05) is 6.92 Å². The standard InChI is InChI=1S/C13H26O2/c1-3-4-5-6-7-8-9-10-12(2)11-13(14)15/h12H,3-11H2,1-2H3,(H,14,15). The van der Waals surface area contributed by atoms with E-state index in [0.717, 1.165) is 6.42 Å². The van der Waals surface area contributed by atoms with Crippen LogP contribution in [0.4, 0.5) is 0 Å². The normalized spacial score (nSPS) is 12.7. The highest BCUT2D eigenvalue weighted by Gasteiger charge is 2.06. The number of hydrogen-bond acceptors (Lipinski definition) is 1. The molecule has 0 saturated carbocycles. The Labute approximate surface area is 94.1 Å². The summed E-state index contributed by atoms with van der Waals surface area (Å²) >= 11 is 0. The zero-order valence-electron chi connectivity index (χ0n) is 10.3. The third-order valence-electron chi connectivity index (χ3n) is 2.82. The van der Waals surface area contributed by atoms with E-state index < -0.39 is 5.97 Å². The van der Waals surface area contributed by atoms with Gasteiger partial charge in [0.2, 0.25) is 0 Å².